The van der Waals surface area contributed by atoms with Crippen molar-refractivity contribution in [2.24, 2.45) is 5.73 Å². The Bertz CT molecular complexity index is 485. The second kappa shape index (κ2) is 4.37. The summed E-state index contributed by atoms with van der Waals surface area (Å²) in [4.78, 5) is 0. The Morgan fingerprint density at radius 1 is 1.19 bits per heavy atom. The molecule has 1 unspecified atom stereocenters. The number of halogens is 1. The van der Waals surface area contributed by atoms with E-state index in [2.05, 4.69) is 10.2 Å². The number of hydrogen-bond donors (Lipinski definition) is 1. The third-order valence-electron chi connectivity index (χ3n) is 2.52. The summed E-state index contributed by atoms with van der Waals surface area (Å²) in [6, 6.07) is 6.41. The summed E-state index contributed by atoms with van der Waals surface area (Å²) < 4.78 is 13.4. The van der Waals surface area contributed by atoms with Gasteiger partial charge < -0.3 is 5.73 Å². The second-order valence-corrected chi connectivity index (χ2v) is 3.66. The van der Waals surface area contributed by atoms with Gasteiger partial charge in [-0.3, -0.25) is 0 Å². The van der Waals surface area contributed by atoms with Gasteiger partial charge in [0.15, 0.2) is 0 Å². The zero-order valence-electron chi connectivity index (χ0n) is 8.89. The predicted molar refractivity (Wildman–Crippen MR) is 59.2 cm³/mol. The van der Waals surface area contributed by atoms with Crippen molar-refractivity contribution in [3.8, 4) is 0 Å². The quantitative estimate of drug-likeness (QED) is 0.836. The van der Waals surface area contributed by atoms with E-state index in [1.165, 1.54) is 6.07 Å². The summed E-state index contributed by atoms with van der Waals surface area (Å²) >= 11 is 0. The molecule has 1 atom stereocenters. The molecule has 4 heteroatoms. The highest BCUT2D eigenvalue weighted by Gasteiger charge is 2.10. The molecule has 1 aromatic heterocycles. The molecule has 0 fully saturated rings. The van der Waals surface area contributed by atoms with Crippen LogP contribution in [0.4, 0.5) is 4.39 Å². The van der Waals surface area contributed by atoms with Crippen LogP contribution in [0, 0.1) is 12.7 Å². The molecule has 0 aliphatic rings. The SMILES string of the molecule is Cc1ccc(C(N)c2ccnnc2)cc1F. The first-order valence-corrected chi connectivity index (χ1v) is 4.96. The van der Waals surface area contributed by atoms with Gasteiger partial charge in [-0.1, -0.05) is 12.1 Å². The van der Waals surface area contributed by atoms with Gasteiger partial charge in [0.2, 0.25) is 0 Å². The van der Waals surface area contributed by atoms with Crippen LogP contribution in [0.2, 0.25) is 0 Å². The van der Waals surface area contributed by atoms with Gasteiger partial charge in [0, 0.05) is 6.20 Å². The van der Waals surface area contributed by atoms with E-state index in [0.29, 0.717) is 5.56 Å². The van der Waals surface area contributed by atoms with Gasteiger partial charge >= 0.3 is 0 Å². The lowest BCUT2D eigenvalue weighted by molar-refractivity contribution is 0.614. The van der Waals surface area contributed by atoms with Gasteiger partial charge in [0.1, 0.15) is 5.82 Å². The fourth-order valence-corrected chi connectivity index (χ4v) is 1.48. The van der Waals surface area contributed by atoms with Crippen LogP contribution >= 0.6 is 0 Å². The zero-order chi connectivity index (χ0) is 11.5. The molecular formula is C12H12FN3. The van der Waals surface area contributed by atoms with E-state index in [1.54, 1.807) is 31.5 Å². The van der Waals surface area contributed by atoms with Crippen LogP contribution in [-0.4, -0.2) is 10.2 Å². The molecule has 1 aromatic carbocycles. The van der Waals surface area contributed by atoms with E-state index in [4.69, 9.17) is 5.73 Å². The minimum absolute atomic E-state index is 0.241. The highest BCUT2D eigenvalue weighted by atomic mass is 19.1. The van der Waals surface area contributed by atoms with Gasteiger partial charge in [0.05, 0.1) is 12.2 Å². The van der Waals surface area contributed by atoms with Crippen molar-refractivity contribution in [2.75, 3.05) is 0 Å². The van der Waals surface area contributed by atoms with Crippen LogP contribution in [0.1, 0.15) is 22.7 Å². The monoisotopic (exact) mass is 217 g/mol. The van der Waals surface area contributed by atoms with E-state index < -0.39 is 0 Å². The Morgan fingerprint density at radius 2 is 2.00 bits per heavy atom. The molecule has 0 aliphatic carbocycles. The molecule has 0 radical (unpaired) electrons. The van der Waals surface area contributed by atoms with Crippen molar-refractivity contribution in [1.29, 1.82) is 0 Å². The van der Waals surface area contributed by atoms with E-state index in [9.17, 15) is 4.39 Å². The third kappa shape index (κ3) is 2.06. The number of rotatable bonds is 2. The molecule has 2 aromatic rings. The van der Waals surface area contributed by atoms with Crippen LogP contribution in [0.15, 0.2) is 36.7 Å². The van der Waals surface area contributed by atoms with E-state index in [1.807, 2.05) is 6.07 Å². The normalized spacial score (nSPS) is 12.4. The lowest BCUT2D eigenvalue weighted by Crippen LogP contribution is -2.12. The van der Waals surface area contributed by atoms with Crippen molar-refractivity contribution in [2.45, 2.75) is 13.0 Å². The first-order chi connectivity index (χ1) is 7.68. The van der Waals surface area contributed by atoms with E-state index >= 15 is 0 Å². The molecule has 0 amide bonds. The highest BCUT2D eigenvalue weighted by molar-refractivity contribution is 5.31. The largest absolute Gasteiger partial charge is 0.320 e. The standard InChI is InChI=1S/C12H12FN3/c1-8-2-3-9(6-11(8)13)12(14)10-4-5-15-16-7-10/h2-7,12H,14H2,1H3. The molecule has 82 valence electrons. The Hall–Kier alpha value is -1.81. The Kier molecular flexibility index (Phi) is 2.92. The van der Waals surface area contributed by atoms with Crippen LogP contribution in [0.3, 0.4) is 0 Å². The third-order valence-corrected chi connectivity index (χ3v) is 2.52. The van der Waals surface area contributed by atoms with Gasteiger partial charge in [-0.15, -0.1) is 0 Å². The van der Waals surface area contributed by atoms with Crippen LogP contribution < -0.4 is 5.73 Å². The van der Waals surface area contributed by atoms with Crippen LogP contribution in [-0.2, 0) is 0 Å². The number of nitrogens with zero attached hydrogens (tertiary/aromatic N) is 2. The first-order valence-electron chi connectivity index (χ1n) is 4.96. The average Bonchev–Trinajstić information content (AvgIpc) is 2.33. The summed E-state index contributed by atoms with van der Waals surface area (Å²) in [5.41, 5.74) is 8.17. The number of aryl methyl sites for hydroxylation is 1. The molecule has 1 heterocycles. The van der Waals surface area contributed by atoms with Crippen molar-refractivity contribution in [1.82, 2.24) is 10.2 Å². The molecule has 0 aliphatic heterocycles. The lowest BCUT2D eigenvalue weighted by atomic mass is 10.0. The lowest BCUT2D eigenvalue weighted by Gasteiger charge is -2.12. The molecule has 16 heavy (non-hydrogen) atoms. The smallest absolute Gasteiger partial charge is 0.126 e. The minimum Gasteiger partial charge on any atom is -0.320 e. The van der Waals surface area contributed by atoms with Crippen molar-refractivity contribution < 1.29 is 4.39 Å². The fourth-order valence-electron chi connectivity index (χ4n) is 1.48. The number of nitrogens with two attached hydrogens (primary N) is 1. The maximum Gasteiger partial charge on any atom is 0.126 e. The second-order valence-electron chi connectivity index (χ2n) is 3.66. The molecule has 0 spiro atoms. The number of hydrogen-bond acceptors (Lipinski definition) is 3. The Labute approximate surface area is 93.1 Å². The van der Waals surface area contributed by atoms with Crippen LogP contribution in [0.5, 0.6) is 0 Å². The molecule has 3 nitrogen and oxygen atoms in total. The Morgan fingerprint density at radius 3 is 2.62 bits per heavy atom. The maximum absolute atomic E-state index is 13.4. The number of aromatic nitrogens is 2. The summed E-state index contributed by atoms with van der Waals surface area (Å²) in [6.07, 6.45) is 3.15. The summed E-state index contributed by atoms with van der Waals surface area (Å²) in [5.74, 6) is -0.241. The zero-order valence-corrected chi connectivity index (χ0v) is 8.89. The predicted octanol–water partition coefficient (Wildman–Crippen LogP) is 1.97. The molecule has 0 saturated heterocycles. The van der Waals surface area contributed by atoms with Gasteiger partial charge in [-0.2, -0.15) is 10.2 Å². The van der Waals surface area contributed by atoms with Gasteiger partial charge in [0.25, 0.3) is 0 Å². The summed E-state index contributed by atoms with van der Waals surface area (Å²) in [7, 11) is 0. The van der Waals surface area contributed by atoms with Crippen LogP contribution in [0.25, 0.3) is 0 Å². The highest BCUT2D eigenvalue weighted by Crippen LogP contribution is 2.20. The Balaban J connectivity index is 2.34. The van der Waals surface area contributed by atoms with Crippen molar-refractivity contribution >= 4 is 0 Å². The molecule has 2 rings (SSSR count). The van der Waals surface area contributed by atoms with E-state index in [0.717, 1.165) is 11.1 Å². The molecule has 0 bridgehead atoms. The fraction of sp³-hybridized carbons (Fsp3) is 0.167. The first kappa shape index (κ1) is 10.7. The maximum atomic E-state index is 13.4. The molecular weight excluding hydrogens is 205 g/mol. The van der Waals surface area contributed by atoms with Gasteiger partial charge in [-0.05, 0) is 35.7 Å². The minimum atomic E-state index is -0.370. The van der Waals surface area contributed by atoms with Crippen molar-refractivity contribution in [3.63, 3.8) is 0 Å². The molecule has 2 N–H and O–H groups in total. The van der Waals surface area contributed by atoms with E-state index in [-0.39, 0.29) is 11.9 Å². The molecule has 0 saturated carbocycles. The summed E-state index contributed by atoms with van der Waals surface area (Å²) in [5, 5.41) is 7.42. The van der Waals surface area contributed by atoms with Gasteiger partial charge in [-0.25, -0.2) is 4.39 Å². The number of benzene rings is 1. The summed E-state index contributed by atoms with van der Waals surface area (Å²) in [6.45, 7) is 1.72. The van der Waals surface area contributed by atoms with Crippen molar-refractivity contribution in [3.05, 3.63) is 59.2 Å². The average molecular weight is 217 g/mol. The topological polar surface area (TPSA) is 51.8 Å².